The molecule has 4 rings (SSSR count). The van der Waals surface area contributed by atoms with E-state index in [1.165, 1.54) is 9.70 Å². The van der Waals surface area contributed by atoms with E-state index in [1.807, 2.05) is 4.90 Å². The van der Waals surface area contributed by atoms with E-state index in [-0.39, 0.29) is 30.8 Å². The number of tetrazole rings is 1. The van der Waals surface area contributed by atoms with Crippen molar-refractivity contribution in [1.29, 1.82) is 0 Å². The first-order valence-corrected chi connectivity index (χ1v) is 9.52. The van der Waals surface area contributed by atoms with Gasteiger partial charge in [-0.05, 0) is 36.1 Å². The predicted molar refractivity (Wildman–Crippen MR) is 98.3 cm³/mol. The number of likely N-dealkylation sites (tertiary alicyclic amines) is 1. The van der Waals surface area contributed by atoms with Crippen LogP contribution in [0.15, 0.2) is 24.3 Å². The van der Waals surface area contributed by atoms with Gasteiger partial charge >= 0.3 is 0 Å². The number of benzene rings is 1. The number of carbonyl (C=O) groups is 3. The Morgan fingerprint density at radius 3 is 2.39 bits per heavy atom. The van der Waals surface area contributed by atoms with Crippen LogP contribution in [0.2, 0.25) is 0 Å². The normalized spacial score (nSPS) is 17.3. The zero-order chi connectivity index (χ0) is 19.7. The van der Waals surface area contributed by atoms with E-state index in [4.69, 9.17) is 0 Å². The molecular formula is C19H22N6O3. The fourth-order valence-corrected chi connectivity index (χ4v) is 3.58. The van der Waals surface area contributed by atoms with E-state index in [2.05, 4.69) is 22.3 Å². The van der Waals surface area contributed by atoms with Gasteiger partial charge in [0.2, 0.25) is 5.91 Å². The third kappa shape index (κ3) is 3.51. The minimum absolute atomic E-state index is 0.0174. The van der Waals surface area contributed by atoms with Crippen molar-refractivity contribution >= 4 is 17.7 Å². The fourth-order valence-electron chi connectivity index (χ4n) is 3.58. The second-order valence-electron chi connectivity index (χ2n) is 7.36. The quantitative estimate of drug-likeness (QED) is 0.708. The van der Waals surface area contributed by atoms with Gasteiger partial charge < -0.3 is 4.90 Å². The third-order valence-corrected chi connectivity index (χ3v) is 5.34. The van der Waals surface area contributed by atoms with Crippen LogP contribution in [0.1, 0.15) is 46.3 Å². The molecule has 0 saturated carbocycles. The minimum Gasteiger partial charge on any atom is -0.341 e. The highest BCUT2D eigenvalue weighted by Gasteiger charge is 2.34. The van der Waals surface area contributed by atoms with Crippen LogP contribution in [-0.2, 0) is 17.8 Å². The molecule has 1 aromatic heterocycles. The molecule has 0 N–H and O–H groups in total. The van der Waals surface area contributed by atoms with Gasteiger partial charge in [-0.25, -0.2) is 0 Å². The van der Waals surface area contributed by atoms with Crippen molar-refractivity contribution in [3.05, 3.63) is 41.2 Å². The van der Waals surface area contributed by atoms with Gasteiger partial charge in [0.1, 0.15) is 6.54 Å². The summed E-state index contributed by atoms with van der Waals surface area (Å²) in [6.07, 6.45) is 2.32. The molecule has 1 aromatic carbocycles. The summed E-state index contributed by atoms with van der Waals surface area (Å²) in [6, 6.07) is 6.77. The summed E-state index contributed by atoms with van der Waals surface area (Å²) < 4.78 is 0. The van der Waals surface area contributed by atoms with Crippen molar-refractivity contribution in [2.24, 2.45) is 5.92 Å². The van der Waals surface area contributed by atoms with Crippen molar-refractivity contribution in [3.8, 4) is 0 Å². The summed E-state index contributed by atoms with van der Waals surface area (Å²) in [6.45, 7) is 3.95. The Hall–Kier alpha value is -3.10. The second-order valence-corrected chi connectivity index (χ2v) is 7.36. The Morgan fingerprint density at radius 1 is 1.11 bits per heavy atom. The largest absolute Gasteiger partial charge is 0.341 e. The van der Waals surface area contributed by atoms with E-state index in [0.717, 1.165) is 25.9 Å². The number of nitrogens with zero attached hydrogens (tertiary/aromatic N) is 6. The molecule has 9 heteroatoms. The van der Waals surface area contributed by atoms with Crippen molar-refractivity contribution in [2.75, 3.05) is 19.6 Å². The molecule has 2 aromatic rings. The molecule has 0 bridgehead atoms. The molecule has 3 heterocycles. The lowest BCUT2D eigenvalue weighted by Gasteiger charge is -2.30. The first-order valence-electron chi connectivity index (χ1n) is 9.52. The van der Waals surface area contributed by atoms with Crippen molar-refractivity contribution in [1.82, 2.24) is 30.0 Å². The van der Waals surface area contributed by atoms with Gasteiger partial charge in [-0.15, -0.1) is 10.2 Å². The molecule has 1 fully saturated rings. The van der Waals surface area contributed by atoms with Gasteiger partial charge in [-0.1, -0.05) is 19.1 Å². The minimum atomic E-state index is -0.303. The molecule has 0 radical (unpaired) electrons. The van der Waals surface area contributed by atoms with Gasteiger partial charge in [0.25, 0.3) is 11.8 Å². The van der Waals surface area contributed by atoms with E-state index in [9.17, 15) is 14.4 Å². The molecule has 146 valence electrons. The lowest BCUT2D eigenvalue weighted by molar-refractivity contribution is -0.133. The molecule has 0 unspecified atom stereocenters. The number of imide groups is 1. The molecule has 2 aliphatic heterocycles. The van der Waals surface area contributed by atoms with Crippen LogP contribution < -0.4 is 0 Å². The average Bonchev–Trinajstić information content (AvgIpc) is 3.24. The van der Waals surface area contributed by atoms with Crippen LogP contribution in [0, 0.1) is 5.92 Å². The van der Waals surface area contributed by atoms with Crippen LogP contribution in [0.4, 0.5) is 0 Å². The van der Waals surface area contributed by atoms with E-state index in [0.29, 0.717) is 29.3 Å². The number of carbonyl (C=O) groups excluding carboxylic acids is 3. The summed E-state index contributed by atoms with van der Waals surface area (Å²) in [4.78, 5) is 41.4. The van der Waals surface area contributed by atoms with E-state index in [1.54, 1.807) is 24.3 Å². The number of amides is 3. The van der Waals surface area contributed by atoms with Crippen molar-refractivity contribution in [2.45, 2.75) is 32.7 Å². The van der Waals surface area contributed by atoms with E-state index < -0.39 is 0 Å². The smallest absolute Gasteiger partial charge is 0.261 e. The molecule has 0 atom stereocenters. The Balaban J connectivity index is 1.33. The molecular weight excluding hydrogens is 360 g/mol. The average molecular weight is 382 g/mol. The maximum atomic E-state index is 12.4. The summed E-state index contributed by atoms with van der Waals surface area (Å²) in [5.41, 5.74) is 0.844. The van der Waals surface area contributed by atoms with Crippen molar-refractivity contribution < 1.29 is 14.4 Å². The Morgan fingerprint density at radius 2 is 1.75 bits per heavy atom. The molecule has 28 heavy (non-hydrogen) atoms. The summed E-state index contributed by atoms with van der Waals surface area (Å²) in [5.74, 6) is 0.431. The number of piperidine rings is 1. The van der Waals surface area contributed by atoms with Crippen LogP contribution in [-0.4, -0.2) is 67.4 Å². The SMILES string of the molecule is CC1CCN(C(=O)Cn2nnc(CCN3C(=O)c4ccccc4C3=O)n2)CC1. The molecule has 9 nitrogen and oxygen atoms in total. The lowest BCUT2D eigenvalue weighted by Crippen LogP contribution is -2.40. The Kier molecular flexibility index (Phi) is 4.89. The number of rotatable bonds is 5. The van der Waals surface area contributed by atoms with Gasteiger partial charge in [0, 0.05) is 26.1 Å². The van der Waals surface area contributed by atoms with Gasteiger partial charge in [-0.3, -0.25) is 19.3 Å². The van der Waals surface area contributed by atoms with Gasteiger partial charge in [0.05, 0.1) is 11.1 Å². The van der Waals surface area contributed by atoms with Crippen LogP contribution in [0.5, 0.6) is 0 Å². The van der Waals surface area contributed by atoms with E-state index >= 15 is 0 Å². The molecule has 2 aliphatic rings. The molecule has 0 spiro atoms. The standard InChI is InChI=1S/C19H22N6O3/c1-13-6-9-23(10-7-13)17(26)12-25-21-16(20-22-25)8-11-24-18(27)14-4-2-3-5-15(14)19(24)28/h2-5,13H,6-12H2,1H3. The maximum absolute atomic E-state index is 12.4. The Bertz CT molecular complexity index is 881. The van der Waals surface area contributed by atoms with Gasteiger partial charge in [-0.2, -0.15) is 4.80 Å². The first kappa shape index (κ1) is 18.3. The molecule has 1 saturated heterocycles. The highest BCUT2D eigenvalue weighted by atomic mass is 16.2. The molecule has 3 amide bonds. The first-order chi connectivity index (χ1) is 13.5. The number of aromatic nitrogens is 4. The van der Waals surface area contributed by atoms with Crippen LogP contribution in [0.25, 0.3) is 0 Å². The maximum Gasteiger partial charge on any atom is 0.261 e. The zero-order valence-corrected chi connectivity index (χ0v) is 15.7. The monoisotopic (exact) mass is 382 g/mol. The Labute approximate surface area is 162 Å². The zero-order valence-electron chi connectivity index (χ0n) is 15.7. The van der Waals surface area contributed by atoms with Crippen LogP contribution >= 0.6 is 0 Å². The third-order valence-electron chi connectivity index (χ3n) is 5.34. The summed E-state index contributed by atoms with van der Waals surface area (Å²) in [7, 11) is 0. The molecule has 0 aliphatic carbocycles. The highest BCUT2D eigenvalue weighted by molar-refractivity contribution is 6.21. The predicted octanol–water partition coefficient (Wildman–Crippen LogP) is 0.770. The fraction of sp³-hybridized carbons (Fsp3) is 0.474. The summed E-state index contributed by atoms with van der Waals surface area (Å²) in [5, 5.41) is 12.1. The highest BCUT2D eigenvalue weighted by Crippen LogP contribution is 2.22. The van der Waals surface area contributed by atoms with Crippen molar-refractivity contribution in [3.63, 3.8) is 0 Å². The van der Waals surface area contributed by atoms with Gasteiger partial charge in [0.15, 0.2) is 5.82 Å². The number of fused-ring (bicyclic) bond motifs is 1. The number of hydrogen-bond acceptors (Lipinski definition) is 6. The van der Waals surface area contributed by atoms with Crippen LogP contribution in [0.3, 0.4) is 0 Å². The topological polar surface area (TPSA) is 101 Å². The second kappa shape index (κ2) is 7.49. The number of hydrogen-bond donors (Lipinski definition) is 0. The lowest BCUT2D eigenvalue weighted by atomic mass is 9.99. The summed E-state index contributed by atoms with van der Waals surface area (Å²) >= 11 is 0.